The first-order valence-corrected chi connectivity index (χ1v) is 10.6. The number of hydrazine groups is 1. The van der Waals surface area contributed by atoms with E-state index in [1.165, 1.54) is 31.2 Å². The predicted molar refractivity (Wildman–Crippen MR) is 123 cm³/mol. The Hall–Kier alpha value is -3.41. The molecule has 4 rings (SSSR count). The summed E-state index contributed by atoms with van der Waals surface area (Å²) in [5.74, 6) is -0.719. The Labute approximate surface area is 197 Å². The molecule has 0 bridgehead atoms. The monoisotopic (exact) mass is 492 g/mol. The van der Waals surface area contributed by atoms with Gasteiger partial charge in [0.05, 0.1) is 25.1 Å². The van der Waals surface area contributed by atoms with Crippen molar-refractivity contribution in [3.05, 3.63) is 78.1 Å². The van der Waals surface area contributed by atoms with Crippen molar-refractivity contribution in [3.63, 3.8) is 0 Å². The van der Waals surface area contributed by atoms with E-state index in [2.05, 4.69) is 5.43 Å². The number of rotatable bonds is 4. The van der Waals surface area contributed by atoms with Gasteiger partial charge in [-0.15, -0.1) is 0 Å². The highest BCUT2D eigenvalue weighted by Crippen LogP contribution is 2.27. The van der Waals surface area contributed by atoms with E-state index in [-0.39, 0.29) is 38.2 Å². The molecular weight excluding hydrogens is 475 g/mol. The Morgan fingerprint density at radius 1 is 1.09 bits per heavy atom. The molecule has 3 aromatic rings. The molecule has 0 aliphatic carbocycles. The van der Waals surface area contributed by atoms with E-state index >= 15 is 0 Å². The number of piperazine rings is 1. The van der Waals surface area contributed by atoms with Gasteiger partial charge in [-0.05, 0) is 25.1 Å². The molecule has 0 saturated carbocycles. The molecule has 1 saturated heterocycles. The largest absolute Gasteiger partial charge is 0.805 e. The maximum Gasteiger partial charge on any atom is 0.347 e. The number of nitro groups is 1. The number of fused-ring (bicyclic) bond motifs is 1. The highest BCUT2D eigenvalue weighted by atomic mass is 35.5. The summed E-state index contributed by atoms with van der Waals surface area (Å²) in [7, 11) is 0. The van der Waals surface area contributed by atoms with Crippen LogP contribution >= 0.6 is 23.2 Å². The second-order valence-corrected chi connectivity index (χ2v) is 8.28. The van der Waals surface area contributed by atoms with E-state index in [9.17, 15) is 25.0 Å². The summed E-state index contributed by atoms with van der Waals surface area (Å²) in [5, 5.41) is 25.3. The van der Waals surface area contributed by atoms with Crippen LogP contribution in [0.15, 0.2) is 36.4 Å². The highest BCUT2D eigenvalue weighted by molar-refractivity contribution is 6.42. The van der Waals surface area contributed by atoms with E-state index in [1.807, 2.05) is 4.90 Å². The number of benzene rings is 2. The molecule has 0 unspecified atom stereocenters. The molecule has 0 atom stereocenters. The van der Waals surface area contributed by atoms with Gasteiger partial charge in [0, 0.05) is 55.0 Å². The summed E-state index contributed by atoms with van der Waals surface area (Å²) in [5.41, 5.74) is 3.05. The van der Waals surface area contributed by atoms with Crippen LogP contribution in [-0.4, -0.2) is 46.7 Å². The molecule has 1 aliphatic heterocycles. The average Bonchev–Trinajstić information content (AvgIpc) is 2.79. The second kappa shape index (κ2) is 8.85. The van der Waals surface area contributed by atoms with Gasteiger partial charge in [-0.1, -0.05) is 23.2 Å². The minimum absolute atomic E-state index is 0.00478. The second-order valence-electron chi connectivity index (χ2n) is 7.47. The van der Waals surface area contributed by atoms with Crippen LogP contribution in [0.5, 0.6) is 0 Å². The number of hydrogen-bond acceptors (Lipinski definition) is 7. The molecule has 172 valence electrons. The first kappa shape index (κ1) is 22.8. The van der Waals surface area contributed by atoms with Crippen LogP contribution in [0.1, 0.15) is 16.2 Å². The number of carbonyl (C=O) groups excluding carboxylic acids is 1. The average molecular weight is 493 g/mol. The van der Waals surface area contributed by atoms with Crippen LogP contribution in [-0.2, 0) is 0 Å². The van der Waals surface area contributed by atoms with Crippen molar-refractivity contribution in [1.82, 2.24) is 15.2 Å². The van der Waals surface area contributed by atoms with Crippen LogP contribution in [0.4, 0.5) is 11.4 Å². The number of nitrogens with zero attached hydrogens (tertiary/aromatic N) is 5. The van der Waals surface area contributed by atoms with Crippen LogP contribution in [0, 0.1) is 27.2 Å². The molecule has 2 heterocycles. The molecule has 1 aliphatic rings. The first-order chi connectivity index (χ1) is 15.7. The Kier molecular flexibility index (Phi) is 6.11. The molecule has 2 aromatic carbocycles. The Morgan fingerprint density at radius 3 is 2.30 bits per heavy atom. The van der Waals surface area contributed by atoms with Crippen molar-refractivity contribution in [2.45, 2.75) is 6.92 Å². The number of hydrogen-bond donors (Lipinski definition) is 1. The highest BCUT2D eigenvalue weighted by Gasteiger charge is 2.30. The SMILES string of the molecule is Cc1c(C(=O)NN2CCN(c3ccc([N+](=O)[O-])cc3)CC2)[n+](=O)c2cc(Cl)c(Cl)cc2n1[O-]. The zero-order chi connectivity index (χ0) is 23.9. The third-order valence-corrected chi connectivity index (χ3v) is 6.21. The third kappa shape index (κ3) is 4.30. The number of nitro benzene ring substituents is 1. The maximum atomic E-state index is 12.9. The lowest BCUT2D eigenvalue weighted by molar-refractivity contribution is -0.468. The summed E-state index contributed by atoms with van der Waals surface area (Å²) in [4.78, 5) is 38.2. The summed E-state index contributed by atoms with van der Waals surface area (Å²) >= 11 is 11.9. The zero-order valence-corrected chi connectivity index (χ0v) is 18.8. The lowest BCUT2D eigenvalue weighted by Crippen LogP contribution is -2.54. The Morgan fingerprint density at radius 2 is 1.70 bits per heavy atom. The molecule has 0 radical (unpaired) electrons. The number of nitrogens with one attached hydrogen (secondary N) is 1. The molecule has 11 nitrogen and oxygen atoms in total. The number of non-ortho nitro benzene ring substituents is 1. The number of anilines is 1. The lowest BCUT2D eigenvalue weighted by atomic mass is 10.2. The van der Waals surface area contributed by atoms with Gasteiger partial charge in [0.1, 0.15) is 5.52 Å². The number of carbonyl (C=O) groups is 1. The Bertz CT molecular complexity index is 1320. The van der Waals surface area contributed by atoms with Gasteiger partial charge in [-0.3, -0.25) is 20.3 Å². The van der Waals surface area contributed by atoms with Gasteiger partial charge in [0.2, 0.25) is 0 Å². The molecule has 1 fully saturated rings. The Balaban J connectivity index is 1.50. The fraction of sp³-hybridized carbons (Fsp3) is 0.250. The summed E-state index contributed by atoms with van der Waals surface area (Å²) in [6.45, 7) is 3.34. The molecular formula is C20H18Cl2N6O5. The van der Waals surface area contributed by atoms with E-state index in [0.717, 1.165) is 5.69 Å². The lowest BCUT2D eigenvalue weighted by Gasteiger charge is -2.35. The molecule has 1 N–H and O–H groups in total. The summed E-state index contributed by atoms with van der Waals surface area (Å²) in [6, 6.07) is 8.77. The normalized spacial score (nSPS) is 14.5. The van der Waals surface area contributed by atoms with Gasteiger partial charge in [0.15, 0.2) is 0 Å². The van der Waals surface area contributed by atoms with Crippen LogP contribution in [0.3, 0.4) is 0 Å². The van der Waals surface area contributed by atoms with Gasteiger partial charge >= 0.3 is 11.6 Å². The van der Waals surface area contributed by atoms with Crippen molar-refractivity contribution in [3.8, 4) is 0 Å². The minimum Gasteiger partial charge on any atom is -0.805 e. The van der Waals surface area contributed by atoms with Crippen molar-refractivity contribution in [1.29, 1.82) is 0 Å². The van der Waals surface area contributed by atoms with E-state index in [0.29, 0.717) is 35.3 Å². The topological polar surface area (TPSA) is 130 Å². The minimum atomic E-state index is -0.719. The maximum absolute atomic E-state index is 12.9. The van der Waals surface area contributed by atoms with Crippen LogP contribution in [0.25, 0.3) is 11.0 Å². The van der Waals surface area contributed by atoms with Gasteiger partial charge in [0.25, 0.3) is 11.2 Å². The van der Waals surface area contributed by atoms with E-state index < -0.39 is 10.8 Å². The van der Waals surface area contributed by atoms with Gasteiger partial charge in [-0.2, -0.15) is 0 Å². The van der Waals surface area contributed by atoms with Crippen LogP contribution in [0.2, 0.25) is 10.0 Å². The van der Waals surface area contributed by atoms with E-state index in [1.54, 1.807) is 17.1 Å². The number of amides is 1. The molecule has 1 aromatic heterocycles. The van der Waals surface area contributed by atoms with Gasteiger partial charge in [-0.25, -0.2) is 5.01 Å². The zero-order valence-electron chi connectivity index (χ0n) is 17.3. The van der Waals surface area contributed by atoms with Crippen molar-refractivity contribution in [2.75, 3.05) is 31.1 Å². The quantitative estimate of drug-likeness (QED) is 0.336. The van der Waals surface area contributed by atoms with Crippen molar-refractivity contribution in [2.24, 2.45) is 0 Å². The van der Waals surface area contributed by atoms with E-state index in [4.69, 9.17) is 23.2 Å². The molecule has 0 spiro atoms. The van der Waals surface area contributed by atoms with Crippen LogP contribution < -0.4 is 14.8 Å². The molecule has 13 heteroatoms. The van der Waals surface area contributed by atoms with Gasteiger partial charge < -0.3 is 14.8 Å². The predicted octanol–water partition coefficient (Wildman–Crippen LogP) is 2.89. The number of halogens is 2. The fourth-order valence-electron chi connectivity index (χ4n) is 3.71. The molecule has 33 heavy (non-hydrogen) atoms. The standard InChI is InChI=1S/C20H18Cl2N6O5/c1-12-19(27(31)18-11-16(22)15(21)10-17(18)26(12)30)20(29)23-25-8-6-24(7-9-25)13-2-4-14(5-3-13)28(32)33/h2-5,10-11H,6-9H2,1H3,(H,23,29). The first-order valence-electron chi connectivity index (χ1n) is 9.87. The number of aromatic nitrogens is 2. The fourth-order valence-corrected chi connectivity index (χ4v) is 4.03. The summed E-state index contributed by atoms with van der Waals surface area (Å²) in [6.07, 6.45) is 0. The molecule has 1 amide bonds. The summed E-state index contributed by atoms with van der Waals surface area (Å²) < 4.78 is 0.858. The smallest absolute Gasteiger partial charge is 0.347 e. The van der Waals surface area contributed by atoms with Crippen molar-refractivity contribution < 1.29 is 14.1 Å². The third-order valence-electron chi connectivity index (χ3n) is 5.49. The van der Waals surface area contributed by atoms with Crippen molar-refractivity contribution >= 4 is 51.5 Å².